The highest BCUT2D eigenvalue weighted by Gasteiger charge is 2.21. The lowest BCUT2D eigenvalue weighted by molar-refractivity contribution is -0.132. The number of aromatic nitrogens is 2. The Morgan fingerprint density at radius 3 is 2.95 bits per heavy atom. The minimum Gasteiger partial charge on any atom is -0.381 e. The summed E-state index contributed by atoms with van der Waals surface area (Å²) in [7, 11) is 0. The standard InChI is InChI=1S/C13H19N3O4/c1-2-15(7-10-5-6-20-9-10)13(19)8-16-12(18)4-3-11(17)14-16/h3-4,10H,2,5-9H2,1H3,(H,14,17). The molecule has 1 N–H and O–H groups in total. The minimum atomic E-state index is -0.398. The molecule has 1 fully saturated rings. The van der Waals surface area contributed by atoms with Crippen LogP contribution < -0.4 is 11.1 Å². The molecule has 1 unspecified atom stereocenters. The predicted octanol–water partition coefficient (Wildman–Crippen LogP) is -0.578. The van der Waals surface area contributed by atoms with E-state index in [9.17, 15) is 14.4 Å². The molecule has 1 saturated heterocycles. The first-order valence-corrected chi connectivity index (χ1v) is 6.76. The number of amides is 1. The van der Waals surface area contributed by atoms with Crippen LogP contribution >= 0.6 is 0 Å². The second-order valence-corrected chi connectivity index (χ2v) is 4.90. The lowest BCUT2D eigenvalue weighted by Gasteiger charge is -2.23. The fourth-order valence-corrected chi connectivity index (χ4v) is 2.26. The second-order valence-electron chi connectivity index (χ2n) is 4.90. The molecule has 2 rings (SSSR count). The number of nitrogens with zero attached hydrogens (tertiary/aromatic N) is 2. The maximum absolute atomic E-state index is 12.2. The molecule has 0 aliphatic carbocycles. The Balaban J connectivity index is 2.03. The van der Waals surface area contributed by atoms with Gasteiger partial charge >= 0.3 is 0 Å². The number of H-pyrrole nitrogens is 1. The first-order chi connectivity index (χ1) is 9.60. The van der Waals surface area contributed by atoms with Gasteiger partial charge < -0.3 is 9.64 Å². The molecule has 0 bridgehead atoms. The van der Waals surface area contributed by atoms with E-state index in [1.165, 1.54) is 0 Å². The average Bonchev–Trinajstić information content (AvgIpc) is 2.93. The highest BCUT2D eigenvalue weighted by Crippen LogP contribution is 2.14. The molecule has 0 saturated carbocycles. The molecular formula is C13H19N3O4. The summed E-state index contributed by atoms with van der Waals surface area (Å²) in [5.41, 5.74) is -0.789. The Hall–Kier alpha value is -1.89. The van der Waals surface area contributed by atoms with Crippen molar-refractivity contribution in [1.29, 1.82) is 0 Å². The molecular weight excluding hydrogens is 262 g/mol. The molecule has 1 amide bonds. The molecule has 0 radical (unpaired) electrons. The molecule has 0 spiro atoms. The van der Waals surface area contributed by atoms with Crippen LogP contribution in [0.3, 0.4) is 0 Å². The summed E-state index contributed by atoms with van der Waals surface area (Å²) < 4.78 is 6.33. The number of hydrogen-bond donors (Lipinski definition) is 1. The van der Waals surface area contributed by atoms with Gasteiger partial charge in [-0.25, -0.2) is 4.68 Å². The molecule has 1 aliphatic rings. The van der Waals surface area contributed by atoms with E-state index in [0.29, 0.717) is 25.6 Å². The van der Waals surface area contributed by atoms with E-state index < -0.39 is 11.1 Å². The number of hydrogen-bond acceptors (Lipinski definition) is 4. The summed E-state index contributed by atoms with van der Waals surface area (Å²) in [5.74, 6) is 0.175. The molecule has 1 aromatic rings. The van der Waals surface area contributed by atoms with Crippen LogP contribution in [0.1, 0.15) is 13.3 Å². The summed E-state index contributed by atoms with van der Waals surface area (Å²) in [6, 6.07) is 2.31. The van der Waals surface area contributed by atoms with Gasteiger partial charge in [0.05, 0.1) is 6.61 Å². The van der Waals surface area contributed by atoms with Crippen LogP contribution in [-0.4, -0.2) is 46.9 Å². The molecule has 1 aliphatic heterocycles. The lowest BCUT2D eigenvalue weighted by Crippen LogP contribution is -2.41. The fourth-order valence-electron chi connectivity index (χ4n) is 2.26. The van der Waals surface area contributed by atoms with Crippen molar-refractivity contribution >= 4 is 5.91 Å². The van der Waals surface area contributed by atoms with Crippen molar-refractivity contribution in [3.8, 4) is 0 Å². The van der Waals surface area contributed by atoms with Crippen molar-refractivity contribution in [1.82, 2.24) is 14.7 Å². The zero-order valence-corrected chi connectivity index (χ0v) is 11.5. The molecule has 1 atom stereocenters. The van der Waals surface area contributed by atoms with Crippen LogP contribution in [0.2, 0.25) is 0 Å². The van der Waals surface area contributed by atoms with Crippen LogP contribution in [0.15, 0.2) is 21.7 Å². The Labute approximate surface area is 116 Å². The first kappa shape index (κ1) is 14.5. The summed E-state index contributed by atoms with van der Waals surface area (Å²) >= 11 is 0. The van der Waals surface area contributed by atoms with Crippen LogP contribution in [0.4, 0.5) is 0 Å². The second kappa shape index (κ2) is 6.51. The van der Waals surface area contributed by atoms with E-state index in [-0.39, 0.29) is 12.5 Å². The van der Waals surface area contributed by atoms with E-state index in [0.717, 1.165) is 29.8 Å². The van der Waals surface area contributed by atoms with Gasteiger partial charge in [0, 0.05) is 37.7 Å². The van der Waals surface area contributed by atoms with Gasteiger partial charge in [-0.3, -0.25) is 19.5 Å². The molecule has 7 nitrogen and oxygen atoms in total. The van der Waals surface area contributed by atoms with E-state index in [2.05, 4.69) is 5.10 Å². The summed E-state index contributed by atoms with van der Waals surface area (Å²) in [6.45, 7) is 4.36. The van der Waals surface area contributed by atoms with Crippen molar-refractivity contribution in [3.05, 3.63) is 32.8 Å². The van der Waals surface area contributed by atoms with Gasteiger partial charge in [-0.05, 0) is 13.3 Å². The van der Waals surface area contributed by atoms with Crippen molar-refractivity contribution in [3.63, 3.8) is 0 Å². The van der Waals surface area contributed by atoms with Crippen molar-refractivity contribution in [2.24, 2.45) is 5.92 Å². The van der Waals surface area contributed by atoms with E-state index in [1.54, 1.807) is 4.90 Å². The third-order valence-corrected chi connectivity index (χ3v) is 3.42. The summed E-state index contributed by atoms with van der Waals surface area (Å²) in [4.78, 5) is 36.6. The van der Waals surface area contributed by atoms with E-state index in [1.807, 2.05) is 6.92 Å². The van der Waals surface area contributed by atoms with Gasteiger partial charge in [-0.2, -0.15) is 0 Å². The Morgan fingerprint density at radius 1 is 1.50 bits per heavy atom. The molecule has 20 heavy (non-hydrogen) atoms. The number of rotatable bonds is 5. The molecule has 0 aromatic carbocycles. The van der Waals surface area contributed by atoms with Crippen LogP contribution in [0, 0.1) is 5.92 Å². The molecule has 1 aromatic heterocycles. The van der Waals surface area contributed by atoms with Gasteiger partial charge in [0.15, 0.2) is 0 Å². The van der Waals surface area contributed by atoms with Crippen LogP contribution in [-0.2, 0) is 16.1 Å². The lowest BCUT2D eigenvalue weighted by atomic mass is 10.1. The maximum Gasteiger partial charge on any atom is 0.265 e. The average molecular weight is 281 g/mol. The van der Waals surface area contributed by atoms with Gasteiger partial charge in [-0.1, -0.05) is 0 Å². The van der Waals surface area contributed by atoms with E-state index in [4.69, 9.17) is 4.74 Å². The smallest absolute Gasteiger partial charge is 0.265 e. The number of nitrogens with one attached hydrogen (secondary N) is 1. The Kier molecular flexibility index (Phi) is 4.73. The largest absolute Gasteiger partial charge is 0.381 e. The SMILES string of the molecule is CCN(CC1CCOC1)C(=O)Cn1[nH]c(=O)ccc1=O. The number of carbonyl (C=O) groups excluding carboxylic acids is 1. The minimum absolute atomic E-state index is 0.143. The normalized spacial score (nSPS) is 18.1. The van der Waals surface area contributed by atoms with Gasteiger partial charge in [0.25, 0.3) is 11.1 Å². The third-order valence-electron chi connectivity index (χ3n) is 3.42. The number of ether oxygens (including phenoxy) is 1. The Morgan fingerprint density at radius 2 is 2.30 bits per heavy atom. The molecule has 7 heteroatoms. The molecule has 2 heterocycles. The van der Waals surface area contributed by atoms with Gasteiger partial charge in [0.1, 0.15) is 6.54 Å². The zero-order valence-electron chi connectivity index (χ0n) is 11.5. The third kappa shape index (κ3) is 3.57. The quantitative estimate of drug-likeness (QED) is 0.782. The highest BCUT2D eigenvalue weighted by molar-refractivity contribution is 5.75. The van der Waals surface area contributed by atoms with Crippen LogP contribution in [0.5, 0.6) is 0 Å². The fraction of sp³-hybridized carbons (Fsp3) is 0.615. The Bertz CT molecular complexity index is 571. The topological polar surface area (TPSA) is 84.4 Å². The van der Waals surface area contributed by atoms with Crippen LogP contribution in [0.25, 0.3) is 0 Å². The van der Waals surface area contributed by atoms with E-state index >= 15 is 0 Å². The predicted molar refractivity (Wildman–Crippen MR) is 72.5 cm³/mol. The van der Waals surface area contributed by atoms with Crippen molar-refractivity contribution < 1.29 is 9.53 Å². The first-order valence-electron chi connectivity index (χ1n) is 6.76. The van der Waals surface area contributed by atoms with Gasteiger partial charge in [0.2, 0.25) is 5.91 Å². The summed E-state index contributed by atoms with van der Waals surface area (Å²) in [5, 5.41) is 2.36. The number of aromatic amines is 1. The highest BCUT2D eigenvalue weighted by atomic mass is 16.5. The van der Waals surface area contributed by atoms with Crippen molar-refractivity contribution in [2.45, 2.75) is 19.9 Å². The van der Waals surface area contributed by atoms with Crippen molar-refractivity contribution in [2.75, 3.05) is 26.3 Å². The number of likely N-dealkylation sites (N-methyl/N-ethyl adjacent to an activating group) is 1. The monoisotopic (exact) mass is 281 g/mol. The number of carbonyl (C=O) groups is 1. The zero-order chi connectivity index (χ0) is 14.5. The van der Waals surface area contributed by atoms with Gasteiger partial charge in [-0.15, -0.1) is 0 Å². The molecule has 110 valence electrons. The summed E-state index contributed by atoms with van der Waals surface area (Å²) in [6.07, 6.45) is 0.950. The maximum atomic E-state index is 12.2.